The lowest BCUT2D eigenvalue weighted by Crippen LogP contribution is -2.30. The number of halogens is 3. The van der Waals surface area contributed by atoms with Gasteiger partial charge in [-0.15, -0.1) is 0 Å². The van der Waals surface area contributed by atoms with Crippen LogP contribution in [0.2, 0.25) is 0 Å². The first-order valence-electron chi connectivity index (χ1n) is 13.9. The van der Waals surface area contributed by atoms with Crippen LogP contribution in [0, 0.1) is 23.4 Å². The molecule has 3 nitrogen and oxygen atoms in total. The Balaban J connectivity index is 1.41. The fraction of sp³-hybridized carbons (Fsp3) is 0.394. The molecule has 4 rings (SSSR count). The predicted octanol–water partition coefficient (Wildman–Crippen LogP) is 9.15. The molecule has 1 fully saturated rings. The summed E-state index contributed by atoms with van der Waals surface area (Å²) in [7, 11) is 0. The van der Waals surface area contributed by atoms with E-state index in [1.165, 1.54) is 24.5 Å². The molecule has 0 aromatic heterocycles. The second-order valence-corrected chi connectivity index (χ2v) is 10.2. The number of hydrogen-bond donors (Lipinski definition) is 1. The zero-order chi connectivity index (χ0) is 27.8. The van der Waals surface area contributed by atoms with Gasteiger partial charge >= 0.3 is 0 Å². The summed E-state index contributed by atoms with van der Waals surface area (Å²) in [6.45, 7) is 4.48. The summed E-state index contributed by atoms with van der Waals surface area (Å²) in [5.74, 6) is -2.45. The monoisotopic (exact) mass is 538 g/mol. The van der Waals surface area contributed by atoms with Crippen LogP contribution in [0.3, 0.4) is 0 Å². The van der Waals surface area contributed by atoms with Gasteiger partial charge in [0.15, 0.2) is 11.6 Å². The molecular formula is C33H37F3O3. The summed E-state index contributed by atoms with van der Waals surface area (Å²) in [6.07, 6.45) is 8.58. The van der Waals surface area contributed by atoms with Crippen LogP contribution in [0.1, 0.15) is 70.5 Å². The van der Waals surface area contributed by atoms with E-state index >= 15 is 4.39 Å². The molecule has 6 heteroatoms. The highest BCUT2D eigenvalue weighted by Crippen LogP contribution is 2.36. The van der Waals surface area contributed by atoms with Gasteiger partial charge in [0.25, 0.3) is 0 Å². The highest BCUT2D eigenvalue weighted by Gasteiger charge is 2.29. The van der Waals surface area contributed by atoms with E-state index in [4.69, 9.17) is 9.47 Å². The number of hydrogen-bond acceptors (Lipinski definition) is 3. The van der Waals surface area contributed by atoms with Crippen molar-refractivity contribution in [1.29, 1.82) is 0 Å². The highest BCUT2D eigenvalue weighted by atomic mass is 19.2. The minimum Gasteiger partial charge on any atom is -0.462 e. The van der Waals surface area contributed by atoms with Crippen molar-refractivity contribution in [3.8, 4) is 28.0 Å². The maximum absolute atomic E-state index is 15.1. The van der Waals surface area contributed by atoms with Crippen molar-refractivity contribution in [3.05, 3.63) is 90.0 Å². The minimum absolute atomic E-state index is 0.0962. The van der Waals surface area contributed by atoms with Crippen LogP contribution in [0.25, 0.3) is 22.3 Å². The highest BCUT2D eigenvalue weighted by molar-refractivity contribution is 5.71. The molecule has 0 aliphatic carbocycles. The van der Waals surface area contributed by atoms with E-state index in [2.05, 4.69) is 6.92 Å². The van der Waals surface area contributed by atoms with Gasteiger partial charge in [0, 0.05) is 17.0 Å². The smallest absolute Gasteiger partial charge is 0.201 e. The second kappa shape index (κ2) is 13.8. The number of aliphatic hydroxyl groups is 1. The topological polar surface area (TPSA) is 38.7 Å². The van der Waals surface area contributed by atoms with E-state index < -0.39 is 11.6 Å². The molecule has 1 heterocycles. The summed E-state index contributed by atoms with van der Waals surface area (Å²) in [5, 5.41) is 10.4. The van der Waals surface area contributed by atoms with Gasteiger partial charge in [-0.3, -0.25) is 0 Å². The third-order valence-corrected chi connectivity index (χ3v) is 7.41. The molecule has 3 aromatic carbocycles. The number of unbranched alkanes of at least 4 members (excludes halogenated alkanes) is 2. The zero-order valence-electron chi connectivity index (χ0n) is 22.6. The minimum atomic E-state index is -1.04. The van der Waals surface area contributed by atoms with Crippen molar-refractivity contribution in [2.45, 2.75) is 71.0 Å². The molecular weight excluding hydrogens is 501 g/mol. The molecule has 1 aliphatic rings. The van der Waals surface area contributed by atoms with E-state index in [1.54, 1.807) is 36.4 Å². The van der Waals surface area contributed by atoms with Crippen LogP contribution in [0.5, 0.6) is 5.75 Å². The van der Waals surface area contributed by atoms with Crippen LogP contribution >= 0.6 is 0 Å². The summed E-state index contributed by atoms with van der Waals surface area (Å²) in [4.78, 5) is 0. The van der Waals surface area contributed by atoms with Crippen LogP contribution in [-0.4, -0.2) is 17.8 Å². The first kappa shape index (κ1) is 28.9. The number of ether oxygens (including phenoxy) is 2. The van der Waals surface area contributed by atoms with E-state index in [1.807, 2.05) is 13.0 Å². The molecule has 39 heavy (non-hydrogen) atoms. The fourth-order valence-corrected chi connectivity index (χ4v) is 5.03. The molecule has 0 saturated carbocycles. The Morgan fingerprint density at radius 2 is 1.67 bits per heavy atom. The Labute approximate surface area is 229 Å². The molecule has 0 bridgehead atoms. The molecule has 3 atom stereocenters. The quantitative estimate of drug-likeness (QED) is 0.195. The Bertz CT molecular complexity index is 1250. The fourth-order valence-electron chi connectivity index (χ4n) is 5.03. The van der Waals surface area contributed by atoms with Gasteiger partial charge in [0.05, 0.1) is 25.1 Å². The van der Waals surface area contributed by atoms with E-state index in [0.29, 0.717) is 29.7 Å². The standard InChI is InChI=1S/C33H37F3O3/c1-3-5-7-8-29(37)25-14-17-30(39-21-25)27-15-13-24(20-28(27)34)22-9-11-23(12-10-22)26-16-18-31(33(36)32(26)35)38-19-6-4-2/h6,9-13,15-16,18-20,25,29-30,37H,3-5,7-8,14,17,21H2,1-2H3/b19-6-. The van der Waals surface area contributed by atoms with Crippen LogP contribution in [0.15, 0.2) is 66.9 Å². The van der Waals surface area contributed by atoms with E-state index in [0.717, 1.165) is 44.1 Å². The lowest BCUT2D eigenvalue weighted by molar-refractivity contribution is -0.0593. The first-order chi connectivity index (χ1) is 18.9. The molecule has 1 N–H and O–H groups in total. The summed E-state index contributed by atoms with van der Waals surface area (Å²) >= 11 is 0. The lowest BCUT2D eigenvalue weighted by atomic mass is 9.88. The number of rotatable bonds is 11. The Morgan fingerprint density at radius 1 is 0.923 bits per heavy atom. The van der Waals surface area contributed by atoms with Gasteiger partial charge < -0.3 is 14.6 Å². The average Bonchev–Trinajstić information content (AvgIpc) is 2.96. The molecule has 3 aromatic rings. The predicted molar refractivity (Wildman–Crippen MR) is 149 cm³/mol. The van der Waals surface area contributed by atoms with Gasteiger partial charge in [-0.1, -0.05) is 69.5 Å². The van der Waals surface area contributed by atoms with Gasteiger partial charge in [-0.05, 0) is 66.6 Å². The van der Waals surface area contributed by atoms with Crippen LogP contribution in [-0.2, 0) is 4.74 Å². The van der Waals surface area contributed by atoms with Gasteiger partial charge in [-0.25, -0.2) is 8.78 Å². The van der Waals surface area contributed by atoms with Crippen molar-refractivity contribution in [3.63, 3.8) is 0 Å². The summed E-state index contributed by atoms with van der Waals surface area (Å²) in [6, 6.07) is 14.9. The molecule has 0 spiro atoms. The number of aliphatic hydroxyl groups excluding tert-OH is 1. The first-order valence-corrected chi connectivity index (χ1v) is 13.9. The van der Waals surface area contributed by atoms with Crippen molar-refractivity contribution in [2.24, 2.45) is 5.92 Å². The van der Waals surface area contributed by atoms with Gasteiger partial charge in [0.1, 0.15) is 5.82 Å². The largest absolute Gasteiger partial charge is 0.462 e. The van der Waals surface area contributed by atoms with Crippen molar-refractivity contribution in [2.75, 3.05) is 6.61 Å². The molecule has 1 saturated heterocycles. The summed E-state index contributed by atoms with van der Waals surface area (Å²) < 4.78 is 55.5. The van der Waals surface area contributed by atoms with Crippen molar-refractivity contribution < 1.29 is 27.8 Å². The van der Waals surface area contributed by atoms with Crippen molar-refractivity contribution >= 4 is 0 Å². The lowest BCUT2D eigenvalue weighted by Gasteiger charge is -2.32. The second-order valence-electron chi connectivity index (χ2n) is 10.2. The Kier molecular flexibility index (Phi) is 10.2. The van der Waals surface area contributed by atoms with E-state index in [-0.39, 0.29) is 35.3 Å². The molecule has 0 radical (unpaired) electrons. The third-order valence-electron chi connectivity index (χ3n) is 7.41. The SMILES string of the molecule is CC/C=C\Oc1ccc(-c2ccc(-c3ccc(C4CCC(C(O)CCCCC)CO4)c(F)c3)cc2)c(F)c1F. The van der Waals surface area contributed by atoms with E-state index in [9.17, 15) is 13.9 Å². The molecule has 0 amide bonds. The van der Waals surface area contributed by atoms with Crippen molar-refractivity contribution in [1.82, 2.24) is 0 Å². The average molecular weight is 539 g/mol. The Morgan fingerprint density at radius 3 is 2.33 bits per heavy atom. The number of allylic oxidation sites excluding steroid dienone is 1. The van der Waals surface area contributed by atoms with Crippen LogP contribution in [0.4, 0.5) is 13.2 Å². The molecule has 1 aliphatic heterocycles. The third kappa shape index (κ3) is 7.11. The van der Waals surface area contributed by atoms with Gasteiger partial charge in [0.2, 0.25) is 5.82 Å². The normalized spacial score (nSPS) is 18.4. The van der Waals surface area contributed by atoms with Crippen LogP contribution < -0.4 is 4.74 Å². The maximum atomic E-state index is 15.1. The molecule has 3 unspecified atom stereocenters. The zero-order valence-corrected chi connectivity index (χ0v) is 22.6. The van der Waals surface area contributed by atoms with Gasteiger partial charge in [-0.2, -0.15) is 4.39 Å². The Hall–Kier alpha value is -3.09. The number of benzene rings is 3. The summed E-state index contributed by atoms with van der Waals surface area (Å²) in [5.41, 5.74) is 2.58. The molecule has 208 valence electrons. The maximum Gasteiger partial charge on any atom is 0.201 e.